The molecule has 0 unspecified atom stereocenters. The smallest absolute Gasteiger partial charge is 0.366 e. The fourth-order valence-electron chi connectivity index (χ4n) is 1.31. The minimum atomic E-state index is -0.522. The standard InChI is InChI=1S/C12H9BrClFN2.C4H9.Li/c13-10-5-6-11(17-12(10)15)16-7-8-1-3-9(14)4-2-8;1-3-4-2;/h1-6H,7H2,(H,16,17);1,3-4H2,2H3;/q;-1;+1. The second-order valence-electron chi connectivity index (χ2n) is 4.30. The van der Waals surface area contributed by atoms with Gasteiger partial charge in [-0.1, -0.05) is 37.1 Å². The third kappa shape index (κ3) is 8.19. The van der Waals surface area contributed by atoms with Crippen LogP contribution in [0.15, 0.2) is 40.9 Å². The molecule has 1 aromatic heterocycles. The summed E-state index contributed by atoms with van der Waals surface area (Å²) in [5, 5.41) is 3.73. The second-order valence-corrected chi connectivity index (χ2v) is 5.59. The van der Waals surface area contributed by atoms with Crippen molar-refractivity contribution in [1.29, 1.82) is 0 Å². The Morgan fingerprint density at radius 3 is 2.32 bits per heavy atom. The molecular weight excluding hydrogens is 361 g/mol. The van der Waals surface area contributed by atoms with E-state index in [0.717, 1.165) is 12.0 Å². The molecule has 2 rings (SSSR count). The van der Waals surface area contributed by atoms with Crippen LogP contribution in [0.1, 0.15) is 25.3 Å². The van der Waals surface area contributed by atoms with Gasteiger partial charge < -0.3 is 12.2 Å². The molecule has 0 aliphatic carbocycles. The molecule has 0 radical (unpaired) electrons. The Hall–Kier alpha value is -0.533. The van der Waals surface area contributed by atoms with Gasteiger partial charge in [0.25, 0.3) is 0 Å². The van der Waals surface area contributed by atoms with Crippen molar-refractivity contribution in [3.05, 3.63) is 64.3 Å². The summed E-state index contributed by atoms with van der Waals surface area (Å²) in [5.74, 6) is -0.0215. The molecule has 6 heteroatoms. The number of aromatic nitrogens is 1. The van der Waals surface area contributed by atoms with Crippen LogP contribution in [-0.2, 0) is 6.54 Å². The molecule has 114 valence electrons. The Morgan fingerprint density at radius 2 is 1.82 bits per heavy atom. The third-order valence-corrected chi connectivity index (χ3v) is 3.39. The normalized spacial score (nSPS) is 9.32. The molecule has 0 amide bonds. The van der Waals surface area contributed by atoms with Gasteiger partial charge in [-0.3, -0.25) is 0 Å². The summed E-state index contributed by atoms with van der Waals surface area (Å²) >= 11 is 8.83. The fourth-order valence-corrected chi connectivity index (χ4v) is 1.66. The van der Waals surface area contributed by atoms with Crippen molar-refractivity contribution in [2.75, 3.05) is 5.32 Å². The van der Waals surface area contributed by atoms with E-state index < -0.39 is 5.95 Å². The van der Waals surface area contributed by atoms with Crippen molar-refractivity contribution in [2.45, 2.75) is 26.3 Å². The minimum absolute atomic E-state index is 0. The van der Waals surface area contributed by atoms with Crippen LogP contribution in [0.3, 0.4) is 0 Å². The van der Waals surface area contributed by atoms with Crippen molar-refractivity contribution in [3.8, 4) is 0 Å². The van der Waals surface area contributed by atoms with Crippen molar-refractivity contribution >= 4 is 33.3 Å². The summed E-state index contributed by atoms with van der Waals surface area (Å²) in [6.45, 7) is 6.30. The summed E-state index contributed by atoms with van der Waals surface area (Å²) < 4.78 is 13.5. The van der Waals surface area contributed by atoms with E-state index in [4.69, 9.17) is 11.6 Å². The van der Waals surface area contributed by atoms with Crippen LogP contribution in [0, 0.1) is 12.9 Å². The van der Waals surface area contributed by atoms with Gasteiger partial charge in [-0.2, -0.15) is 10.8 Å². The van der Waals surface area contributed by atoms with Crippen molar-refractivity contribution < 1.29 is 23.3 Å². The monoisotopic (exact) mass is 378 g/mol. The van der Waals surface area contributed by atoms with Gasteiger partial charge >= 0.3 is 18.9 Å². The van der Waals surface area contributed by atoms with Gasteiger partial charge in [-0.05, 0) is 45.8 Å². The maximum atomic E-state index is 13.1. The summed E-state index contributed by atoms with van der Waals surface area (Å²) in [7, 11) is 0. The number of rotatable bonds is 4. The molecule has 0 saturated carbocycles. The SMILES string of the molecule is Fc1nc(NCc2ccc(Cl)cc2)ccc1Br.[CH2-]CCC.[Li+]. The van der Waals surface area contributed by atoms with Crippen LogP contribution < -0.4 is 24.2 Å². The number of unbranched alkanes of at least 4 members (excludes halogenated alkanes) is 1. The minimum Gasteiger partial charge on any atom is -0.366 e. The number of nitrogens with one attached hydrogen (secondary N) is 1. The summed E-state index contributed by atoms with van der Waals surface area (Å²) in [4.78, 5) is 3.75. The number of hydrogen-bond acceptors (Lipinski definition) is 2. The maximum Gasteiger partial charge on any atom is 1.00 e. The molecule has 0 fully saturated rings. The molecule has 2 nitrogen and oxygen atoms in total. The fraction of sp³-hybridized carbons (Fsp3) is 0.250. The first kappa shape index (κ1) is 21.5. The molecule has 1 aromatic carbocycles. The molecule has 1 N–H and O–H groups in total. The third-order valence-electron chi connectivity index (χ3n) is 2.54. The number of halogens is 3. The van der Waals surface area contributed by atoms with Crippen LogP contribution in [0.2, 0.25) is 5.02 Å². The second kappa shape index (κ2) is 12.0. The quantitative estimate of drug-likeness (QED) is 0.502. The Labute approximate surface area is 157 Å². The molecule has 0 spiro atoms. The number of nitrogens with zero attached hydrogens (tertiary/aromatic N) is 1. The van der Waals surface area contributed by atoms with Gasteiger partial charge in [0.05, 0.1) is 4.47 Å². The molecule has 0 aliphatic rings. The number of benzene rings is 1. The van der Waals surface area contributed by atoms with E-state index in [9.17, 15) is 4.39 Å². The predicted octanol–water partition coefficient (Wildman–Crippen LogP) is 2.87. The average molecular weight is 380 g/mol. The van der Waals surface area contributed by atoms with Gasteiger partial charge in [0.15, 0.2) is 0 Å². The van der Waals surface area contributed by atoms with E-state index >= 15 is 0 Å². The van der Waals surface area contributed by atoms with Gasteiger partial charge in [0, 0.05) is 11.6 Å². The Morgan fingerprint density at radius 1 is 1.23 bits per heavy atom. The zero-order chi connectivity index (χ0) is 15.7. The number of hydrogen-bond donors (Lipinski definition) is 1. The first-order valence-electron chi connectivity index (χ1n) is 6.66. The van der Waals surface area contributed by atoms with Crippen molar-refractivity contribution in [3.63, 3.8) is 0 Å². The zero-order valence-corrected chi connectivity index (χ0v) is 15.2. The summed E-state index contributed by atoms with van der Waals surface area (Å²) in [6.07, 6.45) is 2.28. The molecule has 0 aliphatic heterocycles. The Bertz CT molecular complexity index is 550. The van der Waals surface area contributed by atoms with Crippen LogP contribution in [0.25, 0.3) is 0 Å². The van der Waals surface area contributed by atoms with Crippen molar-refractivity contribution in [2.24, 2.45) is 0 Å². The van der Waals surface area contributed by atoms with E-state index in [1.807, 2.05) is 24.3 Å². The first-order valence-corrected chi connectivity index (χ1v) is 7.83. The van der Waals surface area contributed by atoms with Gasteiger partial charge in [0.1, 0.15) is 5.82 Å². The zero-order valence-electron chi connectivity index (χ0n) is 12.9. The van der Waals surface area contributed by atoms with E-state index in [1.165, 1.54) is 6.42 Å². The van der Waals surface area contributed by atoms with E-state index in [2.05, 4.69) is 40.1 Å². The van der Waals surface area contributed by atoms with Gasteiger partial charge in [-0.15, -0.1) is 0 Å². The van der Waals surface area contributed by atoms with Crippen LogP contribution >= 0.6 is 27.5 Å². The van der Waals surface area contributed by atoms with Crippen molar-refractivity contribution in [1.82, 2.24) is 4.98 Å². The molecular formula is C16H18BrClFLiN2. The number of pyridine rings is 1. The Balaban J connectivity index is 0.000000791. The number of anilines is 1. The molecule has 2 aromatic rings. The van der Waals surface area contributed by atoms with Crippen LogP contribution in [0.5, 0.6) is 0 Å². The molecule has 0 bridgehead atoms. The first-order chi connectivity index (χ1) is 10.1. The molecule has 0 saturated heterocycles. The van der Waals surface area contributed by atoms with Crippen LogP contribution in [0.4, 0.5) is 10.2 Å². The van der Waals surface area contributed by atoms with Crippen LogP contribution in [-0.4, -0.2) is 4.98 Å². The predicted molar refractivity (Wildman–Crippen MR) is 90.9 cm³/mol. The molecule has 1 heterocycles. The van der Waals surface area contributed by atoms with Gasteiger partial charge in [0.2, 0.25) is 5.95 Å². The topological polar surface area (TPSA) is 24.9 Å². The van der Waals surface area contributed by atoms with E-state index in [1.54, 1.807) is 12.1 Å². The average Bonchev–Trinajstić information content (AvgIpc) is 2.50. The summed E-state index contributed by atoms with van der Waals surface area (Å²) in [6, 6.07) is 10.8. The maximum absolute atomic E-state index is 13.1. The molecule has 22 heavy (non-hydrogen) atoms. The van der Waals surface area contributed by atoms with E-state index in [0.29, 0.717) is 21.9 Å². The summed E-state index contributed by atoms with van der Waals surface area (Å²) in [5.41, 5.74) is 1.06. The Kier molecular flexibility index (Phi) is 11.7. The largest absolute Gasteiger partial charge is 1.00 e. The molecule has 0 atom stereocenters. The van der Waals surface area contributed by atoms with E-state index in [-0.39, 0.29) is 18.9 Å². The van der Waals surface area contributed by atoms with Gasteiger partial charge in [-0.25, -0.2) is 4.98 Å².